The van der Waals surface area contributed by atoms with Gasteiger partial charge in [0.1, 0.15) is 0 Å². The number of carbonyl (C=O) groups excluding carboxylic acids is 1. The van der Waals surface area contributed by atoms with Crippen molar-refractivity contribution in [1.29, 1.82) is 0 Å². The molecule has 0 aliphatic rings. The second-order valence-corrected chi connectivity index (χ2v) is 5.64. The van der Waals surface area contributed by atoms with E-state index in [9.17, 15) is 13.2 Å². The summed E-state index contributed by atoms with van der Waals surface area (Å²) in [6.07, 6.45) is 1.05. The first-order valence-electron chi connectivity index (χ1n) is 5.17. The van der Waals surface area contributed by atoms with Crippen LogP contribution in [0.15, 0.2) is 18.2 Å². The predicted octanol–water partition coefficient (Wildman–Crippen LogP) is -0.870. The van der Waals surface area contributed by atoms with E-state index in [0.717, 1.165) is 6.26 Å². The lowest BCUT2D eigenvalue weighted by Gasteiger charge is -2.07. The number of nitrogens with two attached hydrogens (primary N) is 2. The molecular formula is C10H16N4O3S. The molecule has 0 saturated heterocycles. The van der Waals surface area contributed by atoms with Crippen LogP contribution in [0.3, 0.4) is 0 Å². The molecule has 0 heterocycles. The van der Waals surface area contributed by atoms with Gasteiger partial charge in [0.05, 0.1) is 6.26 Å². The van der Waals surface area contributed by atoms with E-state index in [0.29, 0.717) is 16.9 Å². The summed E-state index contributed by atoms with van der Waals surface area (Å²) in [6.45, 7) is 0.309. The van der Waals surface area contributed by atoms with Crippen molar-refractivity contribution in [3.63, 3.8) is 0 Å². The molecular weight excluding hydrogens is 256 g/mol. The van der Waals surface area contributed by atoms with Crippen LogP contribution in [0.4, 0.5) is 11.4 Å². The first-order valence-corrected chi connectivity index (χ1v) is 7.06. The molecule has 100 valence electrons. The van der Waals surface area contributed by atoms with Crippen LogP contribution in [0.5, 0.6) is 0 Å². The van der Waals surface area contributed by atoms with Crippen molar-refractivity contribution in [3.8, 4) is 0 Å². The second-order valence-electron chi connectivity index (χ2n) is 3.81. The average Bonchev–Trinajstić information content (AvgIpc) is 2.21. The summed E-state index contributed by atoms with van der Waals surface area (Å²) in [6, 6.07) is 4.54. The Labute approximate surface area is 106 Å². The Morgan fingerprint density at radius 3 is 2.22 bits per heavy atom. The summed E-state index contributed by atoms with van der Waals surface area (Å²) in [5, 5.41) is 2.55. The zero-order chi connectivity index (χ0) is 13.8. The second kappa shape index (κ2) is 5.69. The molecule has 0 aliphatic carbocycles. The lowest BCUT2D eigenvalue weighted by molar-refractivity contribution is 0.0954. The fourth-order valence-electron chi connectivity index (χ4n) is 1.32. The third kappa shape index (κ3) is 5.02. The molecule has 1 aromatic carbocycles. The van der Waals surface area contributed by atoms with E-state index in [1.165, 1.54) is 12.1 Å². The first-order chi connectivity index (χ1) is 8.28. The van der Waals surface area contributed by atoms with Gasteiger partial charge in [-0.25, -0.2) is 13.1 Å². The van der Waals surface area contributed by atoms with Gasteiger partial charge in [-0.05, 0) is 18.2 Å². The average molecular weight is 272 g/mol. The van der Waals surface area contributed by atoms with Crippen LogP contribution in [-0.4, -0.2) is 33.7 Å². The van der Waals surface area contributed by atoms with Gasteiger partial charge in [0.15, 0.2) is 0 Å². The highest BCUT2D eigenvalue weighted by Crippen LogP contribution is 2.13. The minimum atomic E-state index is -3.24. The van der Waals surface area contributed by atoms with Gasteiger partial charge in [0.25, 0.3) is 5.91 Å². The van der Waals surface area contributed by atoms with Gasteiger partial charge in [-0.15, -0.1) is 0 Å². The first kappa shape index (κ1) is 14.3. The SMILES string of the molecule is CS(=O)(=O)NCCNC(=O)c1cc(N)cc(N)c1. The molecule has 0 atom stereocenters. The molecule has 0 aliphatic heterocycles. The van der Waals surface area contributed by atoms with Crippen molar-refractivity contribution in [2.75, 3.05) is 30.8 Å². The van der Waals surface area contributed by atoms with Crippen molar-refractivity contribution in [2.45, 2.75) is 0 Å². The third-order valence-electron chi connectivity index (χ3n) is 2.01. The van der Waals surface area contributed by atoms with E-state index in [1.807, 2.05) is 0 Å². The smallest absolute Gasteiger partial charge is 0.251 e. The minimum Gasteiger partial charge on any atom is -0.399 e. The van der Waals surface area contributed by atoms with Gasteiger partial charge >= 0.3 is 0 Å². The van der Waals surface area contributed by atoms with Crippen LogP contribution in [0.2, 0.25) is 0 Å². The highest BCUT2D eigenvalue weighted by molar-refractivity contribution is 7.88. The number of amides is 1. The molecule has 0 spiro atoms. The van der Waals surface area contributed by atoms with Gasteiger partial charge in [-0.2, -0.15) is 0 Å². The van der Waals surface area contributed by atoms with E-state index < -0.39 is 10.0 Å². The topological polar surface area (TPSA) is 127 Å². The monoisotopic (exact) mass is 272 g/mol. The zero-order valence-corrected chi connectivity index (χ0v) is 10.8. The molecule has 7 nitrogen and oxygen atoms in total. The molecule has 1 aromatic rings. The van der Waals surface area contributed by atoms with Crippen LogP contribution in [0.25, 0.3) is 0 Å². The number of benzene rings is 1. The molecule has 0 unspecified atom stereocenters. The van der Waals surface area contributed by atoms with Gasteiger partial charge in [-0.3, -0.25) is 4.79 Å². The van der Waals surface area contributed by atoms with Crippen LogP contribution in [-0.2, 0) is 10.0 Å². The summed E-state index contributed by atoms with van der Waals surface area (Å²) in [7, 11) is -3.24. The molecule has 1 rings (SSSR count). The summed E-state index contributed by atoms with van der Waals surface area (Å²) in [4.78, 5) is 11.7. The maximum absolute atomic E-state index is 11.7. The molecule has 0 saturated carbocycles. The predicted molar refractivity (Wildman–Crippen MR) is 70.4 cm³/mol. The number of nitrogen functional groups attached to an aromatic ring is 2. The zero-order valence-electron chi connectivity index (χ0n) is 9.93. The molecule has 18 heavy (non-hydrogen) atoms. The number of nitrogens with one attached hydrogen (secondary N) is 2. The number of rotatable bonds is 5. The van der Waals surface area contributed by atoms with Crippen LogP contribution in [0, 0.1) is 0 Å². The number of hydrogen-bond donors (Lipinski definition) is 4. The molecule has 1 amide bonds. The number of carbonyl (C=O) groups is 1. The van der Waals surface area contributed by atoms with Crippen LogP contribution in [0.1, 0.15) is 10.4 Å². The number of anilines is 2. The summed E-state index contributed by atoms with van der Waals surface area (Å²) in [5.41, 5.74) is 12.2. The Morgan fingerprint density at radius 1 is 1.17 bits per heavy atom. The van der Waals surface area contributed by atoms with E-state index >= 15 is 0 Å². The van der Waals surface area contributed by atoms with Crippen molar-refractivity contribution in [3.05, 3.63) is 23.8 Å². The highest BCUT2D eigenvalue weighted by Gasteiger charge is 2.07. The lowest BCUT2D eigenvalue weighted by atomic mass is 10.1. The van der Waals surface area contributed by atoms with Gasteiger partial charge in [0.2, 0.25) is 10.0 Å². The van der Waals surface area contributed by atoms with Crippen LogP contribution < -0.4 is 21.5 Å². The Balaban J connectivity index is 2.51. The molecule has 0 bridgehead atoms. The lowest BCUT2D eigenvalue weighted by Crippen LogP contribution is -2.34. The fourth-order valence-corrected chi connectivity index (χ4v) is 1.80. The van der Waals surface area contributed by atoms with E-state index in [4.69, 9.17) is 11.5 Å². The van der Waals surface area contributed by atoms with Crippen molar-refractivity contribution in [2.24, 2.45) is 0 Å². The summed E-state index contributed by atoms with van der Waals surface area (Å²) >= 11 is 0. The van der Waals surface area contributed by atoms with Crippen molar-refractivity contribution in [1.82, 2.24) is 10.0 Å². The van der Waals surface area contributed by atoms with Crippen molar-refractivity contribution >= 4 is 27.3 Å². The molecule has 0 fully saturated rings. The Hall–Kier alpha value is -1.80. The third-order valence-corrected chi connectivity index (χ3v) is 2.74. The summed E-state index contributed by atoms with van der Waals surface area (Å²) in [5.74, 6) is -0.357. The maximum Gasteiger partial charge on any atom is 0.251 e. The van der Waals surface area contributed by atoms with E-state index in [2.05, 4.69) is 10.0 Å². The fraction of sp³-hybridized carbons (Fsp3) is 0.300. The van der Waals surface area contributed by atoms with E-state index in [1.54, 1.807) is 6.07 Å². The number of hydrogen-bond acceptors (Lipinski definition) is 5. The Morgan fingerprint density at radius 2 is 1.72 bits per heavy atom. The standard InChI is InChI=1S/C10H16N4O3S/c1-18(16,17)14-3-2-13-10(15)7-4-8(11)6-9(12)5-7/h4-6,14H,2-3,11-12H2,1H3,(H,13,15). The minimum absolute atomic E-state index is 0.127. The largest absolute Gasteiger partial charge is 0.399 e. The Bertz CT molecular complexity index is 522. The highest BCUT2D eigenvalue weighted by atomic mass is 32.2. The molecule has 0 radical (unpaired) electrons. The van der Waals surface area contributed by atoms with Gasteiger partial charge < -0.3 is 16.8 Å². The van der Waals surface area contributed by atoms with Crippen LogP contribution >= 0.6 is 0 Å². The Kier molecular flexibility index (Phi) is 4.51. The number of sulfonamides is 1. The maximum atomic E-state index is 11.7. The van der Waals surface area contributed by atoms with Gasteiger partial charge in [-0.1, -0.05) is 0 Å². The summed E-state index contributed by atoms with van der Waals surface area (Å²) < 4.78 is 23.8. The molecule has 6 N–H and O–H groups in total. The van der Waals surface area contributed by atoms with Crippen molar-refractivity contribution < 1.29 is 13.2 Å². The molecule has 8 heteroatoms. The van der Waals surface area contributed by atoms with E-state index in [-0.39, 0.29) is 19.0 Å². The normalized spacial score (nSPS) is 11.2. The van der Waals surface area contributed by atoms with Gasteiger partial charge in [0, 0.05) is 30.0 Å². The molecule has 0 aromatic heterocycles. The quantitative estimate of drug-likeness (QED) is 0.409.